The lowest BCUT2D eigenvalue weighted by Gasteiger charge is -2.09. The Bertz CT molecular complexity index is 590. The van der Waals surface area contributed by atoms with Crippen LogP contribution in [-0.2, 0) is 6.61 Å². The van der Waals surface area contributed by atoms with E-state index in [9.17, 15) is 4.79 Å². The molecule has 1 aromatic heterocycles. The van der Waals surface area contributed by atoms with Gasteiger partial charge in [0.2, 0.25) is 0 Å². The highest BCUT2D eigenvalue weighted by Gasteiger charge is 2.19. The molecule has 0 spiro atoms. The topological polar surface area (TPSA) is 81.8 Å². The summed E-state index contributed by atoms with van der Waals surface area (Å²) < 4.78 is 15.6. The number of aromatic carboxylic acids is 1. The molecule has 1 aromatic carbocycles. The van der Waals surface area contributed by atoms with Crippen molar-refractivity contribution in [2.24, 2.45) is 0 Å². The normalized spacial score (nSPS) is 10.2. The summed E-state index contributed by atoms with van der Waals surface area (Å²) >= 11 is 0. The van der Waals surface area contributed by atoms with Gasteiger partial charge in [-0.15, -0.1) is 0 Å². The van der Waals surface area contributed by atoms with E-state index in [0.717, 1.165) is 0 Å². The van der Waals surface area contributed by atoms with Crippen LogP contribution in [0.1, 0.15) is 21.8 Å². The molecule has 1 heterocycles. The van der Waals surface area contributed by atoms with Crippen molar-refractivity contribution in [2.45, 2.75) is 13.5 Å². The fourth-order valence-corrected chi connectivity index (χ4v) is 1.62. The number of carbonyl (C=O) groups is 1. The van der Waals surface area contributed by atoms with Crippen molar-refractivity contribution in [1.82, 2.24) is 5.16 Å². The molecule has 0 saturated carbocycles. The average Bonchev–Trinajstić information content (AvgIpc) is 2.78. The first-order chi connectivity index (χ1) is 9.13. The SMILES string of the molecule is COc1ccccc1OCc1c(C(=O)O)noc1C. The van der Waals surface area contributed by atoms with Crippen LogP contribution in [0.25, 0.3) is 0 Å². The Labute approximate surface area is 109 Å². The molecule has 6 heteroatoms. The van der Waals surface area contributed by atoms with Gasteiger partial charge in [-0.1, -0.05) is 17.3 Å². The first kappa shape index (κ1) is 12.9. The lowest BCUT2D eigenvalue weighted by atomic mass is 10.2. The van der Waals surface area contributed by atoms with E-state index in [4.69, 9.17) is 19.1 Å². The van der Waals surface area contributed by atoms with Gasteiger partial charge in [-0.3, -0.25) is 0 Å². The predicted molar refractivity (Wildman–Crippen MR) is 65.5 cm³/mol. The van der Waals surface area contributed by atoms with Crippen molar-refractivity contribution in [3.8, 4) is 11.5 Å². The van der Waals surface area contributed by atoms with E-state index in [2.05, 4.69) is 5.16 Å². The summed E-state index contributed by atoms with van der Waals surface area (Å²) in [5, 5.41) is 12.5. The van der Waals surface area contributed by atoms with Crippen LogP contribution in [0.3, 0.4) is 0 Å². The predicted octanol–water partition coefficient (Wildman–Crippen LogP) is 2.27. The van der Waals surface area contributed by atoms with Crippen LogP contribution in [0.15, 0.2) is 28.8 Å². The first-order valence-corrected chi connectivity index (χ1v) is 5.57. The third-order valence-electron chi connectivity index (χ3n) is 2.63. The Morgan fingerprint density at radius 3 is 2.68 bits per heavy atom. The number of carboxylic acids is 1. The number of rotatable bonds is 5. The fourth-order valence-electron chi connectivity index (χ4n) is 1.62. The highest BCUT2D eigenvalue weighted by atomic mass is 16.5. The number of benzene rings is 1. The number of hydrogen-bond donors (Lipinski definition) is 1. The minimum Gasteiger partial charge on any atom is -0.493 e. The third kappa shape index (κ3) is 2.67. The molecule has 0 unspecified atom stereocenters. The molecule has 100 valence electrons. The van der Waals surface area contributed by atoms with Crippen LogP contribution in [0.2, 0.25) is 0 Å². The van der Waals surface area contributed by atoms with Gasteiger partial charge >= 0.3 is 5.97 Å². The van der Waals surface area contributed by atoms with Crippen LogP contribution >= 0.6 is 0 Å². The molecule has 0 bridgehead atoms. The van der Waals surface area contributed by atoms with Gasteiger partial charge in [0.15, 0.2) is 17.2 Å². The number of ether oxygens (including phenoxy) is 2. The second kappa shape index (κ2) is 5.43. The van der Waals surface area contributed by atoms with E-state index >= 15 is 0 Å². The second-order valence-electron chi connectivity index (χ2n) is 3.81. The molecule has 0 saturated heterocycles. The molecule has 19 heavy (non-hydrogen) atoms. The van der Waals surface area contributed by atoms with E-state index < -0.39 is 5.97 Å². The minimum atomic E-state index is -1.14. The zero-order valence-corrected chi connectivity index (χ0v) is 10.5. The second-order valence-corrected chi connectivity index (χ2v) is 3.81. The first-order valence-electron chi connectivity index (χ1n) is 5.57. The van der Waals surface area contributed by atoms with Gasteiger partial charge in [0.25, 0.3) is 0 Å². The summed E-state index contributed by atoms with van der Waals surface area (Å²) in [5.41, 5.74) is 0.283. The van der Waals surface area contributed by atoms with Gasteiger partial charge < -0.3 is 19.1 Å². The largest absolute Gasteiger partial charge is 0.493 e. The van der Waals surface area contributed by atoms with Gasteiger partial charge in [0.1, 0.15) is 12.4 Å². The lowest BCUT2D eigenvalue weighted by Crippen LogP contribution is -2.05. The number of para-hydroxylation sites is 2. The molecule has 2 aromatic rings. The Hall–Kier alpha value is -2.50. The Morgan fingerprint density at radius 2 is 2.05 bits per heavy atom. The van der Waals surface area contributed by atoms with Crippen molar-refractivity contribution < 1.29 is 23.9 Å². The number of aryl methyl sites for hydroxylation is 1. The quantitative estimate of drug-likeness (QED) is 0.891. The van der Waals surface area contributed by atoms with E-state index in [1.54, 1.807) is 25.1 Å². The molecule has 0 atom stereocenters. The highest BCUT2D eigenvalue weighted by molar-refractivity contribution is 5.87. The van der Waals surface area contributed by atoms with Crippen LogP contribution in [0, 0.1) is 6.92 Å². The third-order valence-corrected chi connectivity index (χ3v) is 2.63. The van der Waals surface area contributed by atoms with Crippen molar-refractivity contribution >= 4 is 5.97 Å². The number of carboxylic acid groups (broad SMARTS) is 1. The van der Waals surface area contributed by atoms with Gasteiger partial charge in [-0.25, -0.2) is 4.79 Å². The van der Waals surface area contributed by atoms with Crippen LogP contribution in [0.4, 0.5) is 0 Å². The van der Waals surface area contributed by atoms with Gasteiger partial charge in [-0.05, 0) is 19.1 Å². The molecule has 0 fully saturated rings. The zero-order chi connectivity index (χ0) is 13.8. The van der Waals surface area contributed by atoms with E-state index in [1.165, 1.54) is 7.11 Å². The summed E-state index contributed by atoms with van der Waals surface area (Å²) in [6, 6.07) is 7.12. The molecule has 2 rings (SSSR count). The maximum atomic E-state index is 11.0. The van der Waals surface area contributed by atoms with Crippen LogP contribution in [-0.4, -0.2) is 23.3 Å². The summed E-state index contributed by atoms with van der Waals surface area (Å²) in [4.78, 5) is 11.0. The van der Waals surface area contributed by atoms with E-state index in [1.807, 2.05) is 6.07 Å². The van der Waals surface area contributed by atoms with Crippen LogP contribution < -0.4 is 9.47 Å². The molecule has 0 amide bonds. The number of aromatic nitrogens is 1. The fraction of sp³-hybridized carbons (Fsp3) is 0.231. The molecular weight excluding hydrogens is 250 g/mol. The molecule has 0 aliphatic heterocycles. The molecule has 1 N–H and O–H groups in total. The van der Waals surface area contributed by atoms with Crippen molar-refractivity contribution in [3.63, 3.8) is 0 Å². The van der Waals surface area contributed by atoms with Crippen molar-refractivity contribution in [2.75, 3.05) is 7.11 Å². The maximum Gasteiger partial charge on any atom is 0.358 e. The smallest absolute Gasteiger partial charge is 0.358 e. The number of hydrogen-bond acceptors (Lipinski definition) is 5. The Balaban J connectivity index is 2.19. The monoisotopic (exact) mass is 263 g/mol. The van der Waals surface area contributed by atoms with Crippen LogP contribution in [0.5, 0.6) is 11.5 Å². The van der Waals surface area contributed by atoms with Gasteiger partial charge in [0.05, 0.1) is 12.7 Å². The maximum absolute atomic E-state index is 11.0. The van der Waals surface area contributed by atoms with Gasteiger partial charge in [0, 0.05) is 0 Å². The van der Waals surface area contributed by atoms with E-state index in [0.29, 0.717) is 22.8 Å². The molecule has 0 radical (unpaired) electrons. The minimum absolute atomic E-state index is 0.0529. The van der Waals surface area contributed by atoms with E-state index in [-0.39, 0.29) is 12.3 Å². The summed E-state index contributed by atoms with van der Waals surface area (Å²) in [6.07, 6.45) is 0. The Morgan fingerprint density at radius 1 is 1.37 bits per heavy atom. The number of nitrogens with zero attached hydrogens (tertiary/aromatic N) is 1. The average molecular weight is 263 g/mol. The zero-order valence-electron chi connectivity index (χ0n) is 10.5. The van der Waals surface area contributed by atoms with Crippen molar-refractivity contribution in [3.05, 3.63) is 41.3 Å². The molecule has 6 nitrogen and oxygen atoms in total. The molecular formula is C13H13NO5. The standard InChI is InChI=1S/C13H13NO5/c1-8-9(12(13(15)16)14-19-8)7-18-11-6-4-3-5-10(11)17-2/h3-6H,7H2,1-2H3,(H,15,16). The molecule has 0 aliphatic rings. The molecule has 0 aliphatic carbocycles. The Kier molecular flexibility index (Phi) is 3.70. The lowest BCUT2D eigenvalue weighted by molar-refractivity contribution is 0.0683. The summed E-state index contributed by atoms with van der Waals surface area (Å²) in [7, 11) is 1.54. The summed E-state index contributed by atoms with van der Waals surface area (Å²) in [5.74, 6) is 0.387. The summed E-state index contributed by atoms with van der Waals surface area (Å²) in [6.45, 7) is 1.69. The van der Waals surface area contributed by atoms with Crippen molar-refractivity contribution in [1.29, 1.82) is 0 Å². The van der Waals surface area contributed by atoms with Gasteiger partial charge in [-0.2, -0.15) is 0 Å². The number of methoxy groups -OCH3 is 1. The highest BCUT2D eigenvalue weighted by Crippen LogP contribution is 2.27.